The van der Waals surface area contributed by atoms with Gasteiger partial charge in [-0.2, -0.15) is 0 Å². The van der Waals surface area contributed by atoms with Crippen molar-refractivity contribution < 1.29 is 23.8 Å². The summed E-state index contributed by atoms with van der Waals surface area (Å²) in [6.45, 7) is 3.79. The number of carbonyl (C=O) groups is 2. The normalized spacial score (nSPS) is 26.6. The van der Waals surface area contributed by atoms with Crippen molar-refractivity contribution in [1.82, 2.24) is 4.90 Å². The van der Waals surface area contributed by atoms with Gasteiger partial charge in [-0.3, -0.25) is 4.90 Å². The van der Waals surface area contributed by atoms with Crippen molar-refractivity contribution in [2.45, 2.75) is 12.5 Å². The van der Waals surface area contributed by atoms with Gasteiger partial charge in [0.25, 0.3) is 0 Å². The van der Waals surface area contributed by atoms with Crippen LogP contribution in [-0.4, -0.2) is 62.9 Å². The van der Waals surface area contributed by atoms with Crippen molar-refractivity contribution in [2.24, 2.45) is 5.92 Å². The Kier molecular flexibility index (Phi) is 4.93. The number of rotatable bonds is 5. The van der Waals surface area contributed by atoms with Crippen LogP contribution in [0.15, 0.2) is 12.2 Å². The molecule has 0 aliphatic carbocycles. The molecule has 2 heterocycles. The highest BCUT2D eigenvalue weighted by atomic mass is 16.5. The Hall–Kier alpha value is -1.40. The smallest absolute Gasteiger partial charge is 0.331 e. The summed E-state index contributed by atoms with van der Waals surface area (Å²) in [6, 6.07) is 0. The quantitative estimate of drug-likeness (QED) is 0.516. The van der Waals surface area contributed by atoms with Gasteiger partial charge in [0.15, 0.2) is 0 Å². The first-order valence-corrected chi connectivity index (χ1v) is 6.44. The van der Waals surface area contributed by atoms with Crippen molar-refractivity contribution in [1.29, 1.82) is 0 Å². The number of fused-ring (bicyclic) bond motifs is 2. The molecular weight excluding hydrogens is 250 g/mol. The van der Waals surface area contributed by atoms with E-state index < -0.39 is 11.9 Å². The number of piperidine rings is 1. The van der Waals surface area contributed by atoms with Crippen LogP contribution in [0.2, 0.25) is 0 Å². The number of carbonyl (C=O) groups excluding carboxylic acids is 2. The Morgan fingerprint density at radius 1 is 1.32 bits per heavy atom. The fraction of sp³-hybridized carbons (Fsp3) is 0.692. The zero-order chi connectivity index (χ0) is 13.7. The van der Waals surface area contributed by atoms with Gasteiger partial charge < -0.3 is 14.2 Å². The first-order chi connectivity index (χ1) is 9.17. The highest BCUT2D eigenvalue weighted by Gasteiger charge is 2.33. The average molecular weight is 269 g/mol. The van der Waals surface area contributed by atoms with Crippen LogP contribution in [0.1, 0.15) is 6.42 Å². The van der Waals surface area contributed by atoms with E-state index >= 15 is 0 Å². The summed E-state index contributed by atoms with van der Waals surface area (Å²) in [7, 11) is 1.25. The molecule has 6 nitrogen and oxygen atoms in total. The third-order valence-corrected chi connectivity index (χ3v) is 3.35. The molecule has 2 aliphatic rings. The monoisotopic (exact) mass is 269 g/mol. The lowest BCUT2D eigenvalue weighted by atomic mass is 10.0. The second-order valence-corrected chi connectivity index (χ2v) is 4.84. The standard InChI is InChI=1S/C13H19NO5/c1-17-12(15)2-3-13(16)18-5-4-14-7-10-6-11(8-14)19-9-10/h2-3,10-11H,4-9H2,1H3/b3-2+. The van der Waals surface area contributed by atoms with Gasteiger partial charge in [-0.15, -0.1) is 0 Å². The van der Waals surface area contributed by atoms with E-state index in [-0.39, 0.29) is 0 Å². The number of hydrogen-bond donors (Lipinski definition) is 0. The van der Waals surface area contributed by atoms with E-state index in [4.69, 9.17) is 9.47 Å². The molecule has 0 radical (unpaired) electrons. The highest BCUT2D eigenvalue weighted by molar-refractivity contribution is 5.91. The molecule has 0 N–H and O–H groups in total. The Morgan fingerprint density at radius 2 is 2.11 bits per heavy atom. The molecule has 2 bridgehead atoms. The van der Waals surface area contributed by atoms with E-state index in [1.54, 1.807) is 0 Å². The maximum Gasteiger partial charge on any atom is 0.331 e. The van der Waals surface area contributed by atoms with Gasteiger partial charge in [0.1, 0.15) is 6.61 Å². The molecule has 2 fully saturated rings. The number of hydrogen-bond acceptors (Lipinski definition) is 6. The lowest BCUT2D eigenvalue weighted by Gasteiger charge is -2.29. The summed E-state index contributed by atoms with van der Waals surface area (Å²) in [5.74, 6) is -0.475. The van der Waals surface area contributed by atoms with Gasteiger partial charge in [-0.1, -0.05) is 0 Å². The van der Waals surface area contributed by atoms with E-state index in [1.807, 2.05) is 0 Å². The summed E-state index contributed by atoms with van der Waals surface area (Å²) in [5, 5.41) is 0. The summed E-state index contributed by atoms with van der Waals surface area (Å²) in [6.07, 6.45) is 3.62. The molecule has 0 amide bonds. The largest absolute Gasteiger partial charge is 0.466 e. The molecule has 0 aromatic rings. The van der Waals surface area contributed by atoms with E-state index in [1.165, 1.54) is 7.11 Å². The molecule has 2 aliphatic heterocycles. The van der Waals surface area contributed by atoms with E-state index in [9.17, 15) is 9.59 Å². The molecule has 6 heteroatoms. The molecule has 106 valence electrons. The summed E-state index contributed by atoms with van der Waals surface area (Å²) < 4.78 is 15.0. The van der Waals surface area contributed by atoms with Crippen LogP contribution in [0.25, 0.3) is 0 Å². The zero-order valence-corrected chi connectivity index (χ0v) is 11.0. The lowest BCUT2D eigenvalue weighted by molar-refractivity contribution is -0.139. The zero-order valence-electron chi connectivity index (χ0n) is 11.0. The maximum absolute atomic E-state index is 11.3. The predicted octanol–water partition coefficient (Wildman–Crippen LogP) is -0.0205. The van der Waals surface area contributed by atoms with Crippen LogP contribution >= 0.6 is 0 Å². The first-order valence-electron chi connectivity index (χ1n) is 6.44. The van der Waals surface area contributed by atoms with Crippen LogP contribution < -0.4 is 0 Å². The van der Waals surface area contributed by atoms with E-state index in [0.29, 0.717) is 25.2 Å². The van der Waals surface area contributed by atoms with Gasteiger partial charge in [0, 0.05) is 31.8 Å². The average Bonchev–Trinajstić information content (AvgIpc) is 2.75. The minimum absolute atomic E-state index is 0.323. The number of esters is 2. The van der Waals surface area contributed by atoms with Gasteiger partial charge in [-0.05, 0) is 12.3 Å². The topological polar surface area (TPSA) is 65.1 Å². The van der Waals surface area contributed by atoms with Crippen LogP contribution in [0.3, 0.4) is 0 Å². The van der Waals surface area contributed by atoms with Crippen molar-refractivity contribution in [3.63, 3.8) is 0 Å². The maximum atomic E-state index is 11.3. The molecular formula is C13H19NO5. The van der Waals surface area contributed by atoms with Crippen LogP contribution in [-0.2, 0) is 23.8 Å². The Bertz CT molecular complexity index is 356. The third-order valence-electron chi connectivity index (χ3n) is 3.35. The summed E-state index contributed by atoms with van der Waals surface area (Å²) in [5.41, 5.74) is 0. The molecule has 0 spiro atoms. The fourth-order valence-corrected chi connectivity index (χ4v) is 2.47. The number of methoxy groups -OCH3 is 1. The fourth-order valence-electron chi connectivity index (χ4n) is 2.47. The van der Waals surface area contributed by atoms with E-state index in [2.05, 4.69) is 9.64 Å². The van der Waals surface area contributed by atoms with Crippen molar-refractivity contribution in [2.75, 3.05) is 40.0 Å². The van der Waals surface area contributed by atoms with Crippen LogP contribution in [0.5, 0.6) is 0 Å². The summed E-state index contributed by atoms with van der Waals surface area (Å²) in [4.78, 5) is 24.3. The molecule has 0 aromatic heterocycles. The first kappa shape index (κ1) is 14.0. The Labute approximate surface area is 112 Å². The molecule has 2 unspecified atom stereocenters. The van der Waals surface area contributed by atoms with Gasteiger partial charge in [0.05, 0.1) is 19.8 Å². The van der Waals surface area contributed by atoms with Gasteiger partial charge in [0.2, 0.25) is 0 Å². The lowest BCUT2D eigenvalue weighted by Crippen LogP contribution is -2.41. The second-order valence-electron chi connectivity index (χ2n) is 4.84. The van der Waals surface area contributed by atoms with Gasteiger partial charge >= 0.3 is 11.9 Å². The van der Waals surface area contributed by atoms with Crippen molar-refractivity contribution in [3.05, 3.63) is 12.2 Å². The molecule has 0 aromatic carbocycles. The summed E-state index contributed by atoms with van der Waals surface area (Å²) >= 11 is 0. The molecule has 19 heavy (non-hydrogen) atoms. The van der Waals surface area contributed by atoms with Crippen molar-refractivity contribution in [3.8, 4) is 0 Å². The third kappa shape index (κ3) is 4.33. The van der Waals surface area contributed by atoms with Crippen LogP contribution in [0.4, 0.5) is 0 Å². The highest BCUT2D eigenvalue weighted by Crippen LogP contribution is 2.26. The molecule has 2 rings (SSSR count). The number of ether oxygens (including phenoxy) is 3. The molecule has 2 saturated heterocycles. The van der Waals surface area contributed by atoms with Crippen molar-refractivity contribution >= 4 is 11.9 Å². The molecule has 2 atom stereocenters. The Morgan fingerprint density at radius 3 is 2.84 bits per heavy atom. The minimum atomic E-state index is -0.568. The predicted molar refractivity (Wildman–Crippen MR) is 66.4 cm³/mol. The van der Waals surface area contributed by atoms with Crippen LogP contribution in [0, 0.1) is 5.92 Å². The second kappa shape index (κ2) is 6.68. The SMILES string of the molecule is COC(=O)/C=C/C(=O)OCCN1CC2COC(C2)C1. The number of nitrogens with zero attached hydrogens (tertiary/aromatic N) is 1. The molecule has 0 saturated carbocycles. The van der Waals surface area contributed by atoms with E-state index in [0.717, 1.165) is 38.3 Å². The van der Waals surface area contributed by atoms with Gasteiger partial charge in [-0.25, -0.2) is 9.59 Å². The Balaban J connectivity index is 1.62. The number of likely N-dealkylation sites (tertiary alicyclic amines) is 1. The minimum Gasteiger partial charge on any atom is -0.466 e.